The predicted molar refractivity (Wildman–Crippen MR) is 126 cm³/mol. The quantitative estimate of drug-likeness (QED) is 0.558. The SMILES string of the molecule is Cc1cccc(NC(=O)N(C)CCc2noc(-c3ccc(C(=O)NC4CCCC4)cc3)n2)c1. The van der Waals surface area contributed by atoms with Crippen molar-refractivity contribution in [3.05, 3.63) is 65.5 Å². The number of benzene rings is 2. The van der Waals surface area contributed by atoms with Gasteiger partial charge in [-0.25, -0.2) is 4.79 Å². The molecule has 1 saturated carbocycles. The van der Waals surface area contributed by atoms with Gasteiger partial charge in [0.15, 0.2) is 5.82 Å². The molecule has 2 aromatic carbocycles. The third kappa shape index (κ3) is 5.97. The molecule has 1 heterocycles. The standard InChI is InChI=1S/C25H29N5O3/c1-17-6-5-9-21(16-17)27-25(32)30(2)15-14-22-28-24(33-29-22)19-12-10-18(11-13-19)23(31)26-20-7-3-4-8-20/h5-6,9-13,16,20H,3-4,7-8,14-15H2,1-2H3,(H,26,31)(H,27,32). The molecule has 3 aromatic rings. The van der Waals surface area contributed by atoms with Crippen LogP contribution in [0.3, 0.4) is 0 Å². The smallest absolute Gasteiger partial charge is 0.321 e. The fraction of sp³-hybridized carbons (Fsp3) is 0.360. The maximum atomic E-state index is 12.4. The fourth-order valence-corrected chi connectivity index (χ4v) is 3.89. The van der Waals surface area contributed by atoms with Crippen LogP contribution in [-0.2, 0) is 6.42 Å². The lowest BCUT2D eigenvalue weighted by molar-refractivity contribution is 0.0938. The lowest BCUT2D eigenvalue weighted by Gasteiger charge is -2.17. The zero-order chi connectivity index (χ0) is 23.2. The van der Waals surface area contributed by atoms with E-state index in [1.165, 1.54) is 12.8 Å². The summed E-state index contributed by atoms with van der Waals surface area (Å²) >= 11 is 0. The van der Waals surface area contributed by atoms with E-state index in [2.05, 4.69) is 20.8 Å². The maximum Gasteiger partial charge on any atom is 0.321 e. The summed E-state index contributed by atoms with van der Waals surface area (Å²) in [5, 5.41) is 9.98. The first kappa shape index (κ1) is 22.5. The molecule has 0 spiro atoms. The maximum absolute atomic E-state index is 12.4. The lowest BCUT2D eigenvalue weighted by Crippen LogP contribution is -2.33. The minimum absolute atomic E-state index is 0.0494. The number of carbonyl (C=O) groups is 2. The topological polar surface area (TPSA) is 100 Å². The Kier molecular flexibility index (Phi) is 7.02. The molecule has 1 aromatic heterocycles. The minimum Gasteiger partial charge on any atom is -0.349 e. The van der Waals surface area contributed by atoms with E-state index < -0.39 is 0 Å². The lowest BCUT2D eigenvalue weighted by atomic mass is 10.1. The van der Waals surface area contributed by atoms with Crippen molar-refractivity contribution in [3.8, 4) is 11.5 Å². The Bertz CT molecular complexity index is 1100. The Morgan fingerprint density at radius 3 is 2.61 bits per heavy atom. The molecule has 1 aliphatic carbocycles. The Morgan fingerprint density at radius 1 is 1.12 bits per heavy atom. The summed E-state index contributed by atoms with van der Waals surface area (Å²) < 4.78 is 5.38. The number of rotatable bonds is 7. The Morgan fingerprint density at radius 2 is 1.88 bits per heavy atom. The number of nitrogens with one attached hydrogen (secondary N) is 2. The zero-order valence-corrected chi connectivity index (χ0v) is 19.0. The average Bonchev–Trinajstić information content (AvgIpc) is 3.50. The van der Waals surface area contributed by atoms with Gasteiger partial charge in [0, 0.05) is 42.9 Å². The molecule has 8 nitrogen and oxygen atoms in total. The number of aryl methyl sites for hydroxylation is 1. The molecular formula is C25H29N5O3. The van der Waals surface area contributed by atoms with E-state index in [1.807, 2.05) is 43.3 Å². The van der Waals surface area contributed by atoms with Crippen LogP contribution in [0.15, 0.2) is 53.1 Å². The molecule has 0 saturated heterocycles. The third-order valence-electron chi connectivity index (χ3n) is 5.84. The first-order valence-electron chi connectivity index (χ1n) is 11.3. The van der Waals surface area contributed by atoms with E-state index in [0.717, 1.165) is 29.7 Å². The van der Waals surface area contributed by atoms with Crippen LogP contribution in [0.1, 0.15) is 47.4 Å². The third-order valence-corrected chi connectivity index (χ3v) is 5.84. The number of anilines is 1. The molecule has 2 N–H and O–H groups in total. The highest BCUT2D eigenvalue weighted by molar-refractivity contribution is 5.94. The molecular weight excluding hydrogens is 418 g/mol. The van der Waals surface area contributed by atoms with Gasteiger partial charge in [-0.1, -0.05) is 30.1 Å². The fourth-order valence-electron chi connectivity index (χ4n) is 3.89. The number of urea groups is 1. The second-order valence-electron chi connectivity index (χ2n) is 8.52. The van der Waals surface area contributed by atoms with Gasteiger partial charge in [0.1, 0.15) is 0 Å². The Labute approximate surface area is 193 Å². The van der Waals surface area contributed by atoms with Gasteiger partial charge in [0.2, 0.25) is 0 Å². The second-order valence-corrected chi connectivity index (χ2v) is 8.52. The van der Waals surface area contributed by atoms with Gasteiger partial charge in [-0.15, -0.1) is 0 Å². The number of nitrogens with zero attached hydrogens (tertiary/aromatic N) is 3. The van der Waals surface area contributed by atoms with E-state index in [4.69, 9.17) is 4.52 Å². The summed E-state index contributed by atoms with van der Waals surface area (Å²) in [6, 6.07) is 14.9. The molecule has 4 rings (SSSR count). The van der Waals surface area contributed by atoms with E-state index in [0.29, 0.717) is 30.2 Å². The molecule has 0 unspecified atom stereocenters. The van der Waals surface area contributed by atoms with Crippen molar-refractivity contribution in [1.29, 1.82) is 0 Å². The van der Waals surface area contributed by atoms with Crippen molar-refractivity contribution >= 4 is 17.6 Å². The van der Waals surface area contributed by atoms with Crippen LogP contribution in [-0.4, -0.2) is 46.6 Å². The summed E-state index contributed by atoms with van der Waals surface area (Å²) in [5.41, 5.74) is 3.20. The van der Waals surface area contributed by atoms with Gasteiger partial charge in [0.25, 0.3) is 11.8 Å². The molecule has 0 radical (unpaired) electrons. The molecule has 1 fully saturated rings. The zero-order valence-electron chi connectivity index (χ0n) is 19.0. The highest BCUT2D eigenvalue weighted by Crippen LogP contribution is 2.20. The molecule has 0 atom stereocenters. The Balaban J connectivity index is 1.29. The van der Waals surface area contributed by atoms with E-state index in [1.54, 1.807) is 24.1 Å². The average molecular weight is 448 g/mol. The van der Waals surface area contributed by atoms with E-state index in [-0.39, 0.29) is 18.0 Å². The first-order chi connectivity index (χ1) is 16.0. The van der Waals surface area contributed by atoms with Gasteiger partial charge in [-0.05, 0) is 61.7 Å². The van der Waals surface area contributed by atoms with Crippen LogP contribution >= 0.6 is 0 Å². The summed E-state index contributed by atoms with van der Waals surface area (Å²) in [7, 11) is 1.72. The molecule has 8 heteroatoms. The van der Waals surface area contributed by atoms with Gasteiger partial charge in [-0.2, -0.15) is 4.98 Å². The number of amides is 3. The van der Waals surface area contributed by atoms with Gasteiger partial charge in [0.05, 0.1) is 0 Å². The number of hydrogen-bond acceptors (Lipinski definition) is 5. The van der Waals surface area contributed by atoms with Crippen molar-refractivity contribution in [2.24, 2.45) is 0 Å². The molecule has 0 aliphatic heterocycles. The molecule has 1 aliphatic rings. The molecule has 3 amide bonds. The van der Waals surface area contributed by atoms with E-state index >= 15 is 0 Å². The largest absolute Gasteiger partial charge is 0.349 e. The summed E-state index contributed by atoms with van der Waals surface area (Å²) in [4.78, 5) is 30.8. The minimum atomic E-state index is -0.198. The van der Waals surface area contributed by atoms with Gasteiger partial charge in [-0.3, -0.25) is 4.79 Å². The molecule has 33 heavy (non-hydrogen) atoms. The van der Waals surface area contributed by atoms with Crippen LogP contribution in [0, 0.1) is 6.92 Å². The summed E-state index contributed by atoms with van der Waals surface area (Å²) in [6.07, 6.45) is 4.92. The predicted octanol–water partition coefficient (Wildman–Crippen LogP) is 4.42. The van der Waals surface area contributed by atoms with Crippen LogP contribution < -0.4 is 10.6 Å². The van der Waals surface area contributed by atoms with Crippen LogP contribution in [0.25, 0.3) is 11.5 Å². The van der Waals surface area contributed by atoms with Crippen LogP contribution in [0.4, 0.5) is 10.5 Å². The van der Waals surface area contributed by atoms with Crippen molar-refractivity contribution in [2.45, 2.75) is 45.1 Å². The Hall–Kier alpha value is -3.68. The normalized spacial score (nSPS) is 13.6. The van der Waals surface area contributed by atoms with Crippen molar-refractivity contribution in [3.63, 3.8) is 0 Å². The summed E-state index contributed by atoms with van der Waals surface area (Å²) in [5.74, 6) is 0.856. The number of hydrogen-bond donors (Lipinski definition) is 2. The van der Waals surface area contributed by atoms with Crippen LogP contribution in [0.5, 0.6) is 0 Å². The van der Waals surface area contributed by atoms with Crippen molar-refractivity contribution in [1.82, 2.24) is 20.4 Å². The number of aromatic nitrogens is 2. The molecule has 0 bridgehead atoms. The van der Waals surface area contributed by atoms with E-state index in [9.17, 15) is 9.59 Å². The second kappa shape index (κ2) is 10.3. The number of carbonyl (C=O) groups excluding carboxylic acids is 2. The first-order valence-corrected chi connectivity index (χ1v) is 11.3. The monoisotopic (exact) mass is 447 g/mol. The van der Waals surface area contributed by atoms with Crippen molar-refractivity contribution in [2.75, 3.05) is 18.9 Å². The summed E-state index contributed by atoms with van der Waals surface area (Å²) in [6.45, 7) is 2.42. The molecule has 172 valence electrons. The van der Waals surface area contributed by atoms with Gasteiger partial charge < -0.3 is 20.1 Å². The van der Waals surface area contributed by atoms with Gasteiger partial charge >= 0.3 is 6.03 Å². The highest BCUT2D eigenvalue weighted by Gasteiger charge is 2.18. The highest BCUT2D eigenvalue weighted by atomic mass is 16.5. The number of likely N-dealkylation sites (N-methyl/N-ethyl adjacent to an activating group) is 1. The van der Waals surface area contributed by atoms with Crippen LogP contribution in [0.2, 0.25) is 0 Å². The van der Waals surface area contributed by atoms with Crippen molar-refractivity contribution < 1.29 is 14.1 Å².